The largest absolute Gasteiger partial charge is 0.504 e. The Morgan fingerprint density at radius 2 is 0.949 bits per heavy atom. The number of phenolic OH excluding ortho intramolecular Hbond substituents is 2. The zero-order valence-corrected chi connectivity index (χ0v) is 21.9. The predicted molar refractivity (Wildman–Crippen MR) is 144 cm³/mol. The summed E-state index contributed by atoms with van der Waals surface area (Å²) in [7, 11) is 2.81. The lowest BCUT2D eigenvalue weighted by Gasteiger charge is -2.26. The van der Waals surface area contributed by atoms with Crippen molar-refractivity contribution in [2.45, 2.75) is 19.3 Å². The minimum atomic E-state index is -0.573. The number of hydrogen-bond acceptors (Lipinski definition) is 8. The highest BCUT2D eigenvalue weighted by molar-refractivity contribution is 5.92. The van der Waals surface area contributed by atoms with Crippen LogP contribution in [0.15, 0.2) is 84.9 Å². The maximum atomic E-state index is 12.5. The van der Waals surface area contributed by atoms with E-state index >= 15 is 0 Å². The van der Waals surface area contributed by atoms with Crippen LogP contribution in [0.5, 0.6) is 34.5 Å². The maximum Gasteiger partial charge on any atom is 0.343 e. The molecule has 8 heteroatoms. The topological polar surface area (TPSA) is 112 Å². The fraction of sp³-hybridized carbons (Fsp3) is 0.161. The second-order valence-corrected chi connectivity index (χ2v) is 9.23. The summed E-state index contributed by atoms with van der Waals surface area (Å²) < 4.78 is 21.0. The summed E-state index contributed by atoms with van der Waals surface area (Å²) in [6, 6.07) is 22.9. The standard InChI is InChI=1S/C31H28O8/c1-31(2,21-7-11-23(12-8-21)38-29(34)19-5-15-25(32)27(17-19)36-3)22-9-13-24(14-10-22)39-30(35)20-6-16-26(33)28(18-20)37-4/h5-18,32-33H,1-4H3. The Bertz CT molecular complexity index is 1380. The average molecular weight is 529 g/mol. The van der Waals surface area contributed by atoms with Crippen LogP contribution in [0.2, 0.25) is 0 Å². The van der Waals surface area contributed by atoms with Gasteiger partial charge in [0.2, 0.25) is 0 Å². The maximum absolute atomic E-state index is 12.5. The van der Waals surface area contributed by atoms with Crippen LogP contribution in [0, 0.1) is 0 Å². The number of hydrogen-bond donors (Lipinski definition) is 2. The summed E-state index contributed by atoms with van der Waals surface area (Å²) in [5, 5.41) is 19.4. The molecule has 0 saturated heterocycles. The molecule has 0 spiro atoms. The second-order valence-electron chi connectivity index (χ2n) is 9.23. The van der Waals surface area contributed by atoms with Crippen LogP contribution in [0.25, 0.3) is 0 Å². The molecular weight excluding hydrogens is 500 g/mol. The fourth-order valence-electron chi connectivity index (χ4n) is 3.99. The molecule has 0 atom stereocenters. The van der Waals surface area contributed by atoms with Crippen molar-refractivity contribution in [3.63, 3.8) is 0 Å². The lowest BCUT2D eigenvalue weighted by Crippen LogP contribution is -2.19. The molecule has 39 heavy (non-hydrogen) atoms. The number of carbonyl (C=O) groups is 2. The fourth-order valence-corrected chi connectivity index (χ4v) is 3.99. The van der Waals surface area contributed by atoms with E-state index < -0.39 is 17.4 Å². The molecule has 0 heterocycles. The quantitative estimate of drug-likeness (QED) is 0.215. The Morgan fingerprint density at radius 3 is 1.28 bits per heavy atom. The van der Waals surface area contributed by atoms with Gasteiger partial charge in [-0.3, -0.25) is 0 Å². The Hall–Kier alpha value is -4.98. The van der Waals surface area contributed by atoms with Crippen molar-refractivity contribution in [3.8, 4) is 34.5 Å². The first-order valence-electron chi connectivity index (χ1n) is 12.0. The average Bonchev–Trinajstić information content (AvgIpc) is 2.94. The van der Waals surface area contributed by atoms with E-state index in [9.17, 15) is 19.8 Å². The summed E-state index contributed by atoms with van der Waals surface area (Å²) in [5.41, 5.74) is 2.06. The van der Waals surface area contributed by atoms with Gasteiger partial charge in [0.15, 0.2) is 23.0 Å². The molecule has 0 bridgehead atoms. The minimum Gasteiger partial charge on any atom is -0.504 e. The Morgan fingerprint density at radius 1 is 0.590 bits per heavy atom. The van der Waals surface area contributed by atoms with Crippen LogP contribution < -0.4 is 18.9 Å². The van der Waals surface area contributed by atoms with Gasteiger partial charge < -0.3 is 29.2 Å². The molecule has 0 aliphatic carbocycles. The molecule has 0 aromatic heterocycles. The summed E-state index contributed by atoms with van der Waals surface area (Å²) in [6.45, 7) is 4.11. The van der Waals surface area contributed by atoms with Crippen LogP contribution >= 0.6 is 0 Å². The molecule has 0 radical (unpaired) electrons. The molecule has 2 N–H and O–H groups in total. The lowest BCUT2D eigenvalue weighted by molar-refractivity contribution is 0.0724. The Kier molecular flexibility index (Phi) is 7.76. The van der Waals surface area contributed by atoms with E-state index in [2.05, 4.69) is 13.8 Å². The number of aromatic hydroxyl groups is 2. The van der Waals surface area contributed by atoms with Crippen LogP contribution in [0.4, 0.5) is 0 Å². The molecule has 0 aliphatic rings. The highest BCUT2D eigenvalue weighted by Crippen LogP contribution is 2.34. The van der Waals surface area contributed by atoms with Crippen LogP contribution in [0.1, 0.15) is 45.7 Å². The van der Waals surface area contributed by atoms with Crippen LogP contribution in [0.3, 0.4) is 0 Å². The van der Waals surface area contributed by atoms with Crippen molar-refractivity contribution in [2.75, 3.05) is 14.2 Å². The van der Waals surface area contributed by atoms with Gasteiger partial charge in [0.1, 0.15) is 11.5 Å². The number of benzene rings is 4. The third-order valence-electron chi connectivity index (χ3n) is 6.40. The van der Waals surface area contributed by atoms with E-state index in [0.29, 0.717) is 11.5 Å². The van der Waals surface area contributed by atoms with Gasteiger partial charge in [0.25, 0.3) is 0 Å². The summed E-state index contributed by atoms with van der Waals surface area (Å²) >= 11 is 0. The summed E-state index contributed by atoms with van der Waals surface area (Å²) in [5.74, 6) is -0.160. The van der Waals surface area contributed by atoms with E-state index in [-0.39, 0.29) is 34.1 Å². The smallest absolute Gasteiger partial charge is 0.343 e. The third-order valence-corrected chi connectivity index (χ3v) is 6.40. The molecule has 0 amide bonds. The SMILES string of the molecule is COc1cc(C(=O)Oc2ccc(C(C)(C)c3ccc(OC(=O)c4ccc(O)c(OC)c4)cc3)cc2)ccc1O. The zero-order valence-electron chi connectivity index (χ0n) is 21.9. The van der Waals surface area contributed by atoms with Crippen molar-refractivity contribution < 1.29 is 38.7 Å². The van der Waals surface area contributed by atoms with Gasteiger partial charge in [-0.2, -0.15) is 0 Å². The first-order valence-corrected chi connectivity index (χ1v) is 12.0. The Balaban J connectivity index is 1.43. The van der Waals surface area contributed by atoms with E-state index in [0.717, 1.165) is 11.1 Å². The number of rotatable bonds is 8. The molecule has 4 aromatic carbocycles. The molecule has 0 unspecified atom stereocenters. The van der Waals surface area contributed by atoms with Crippen LogP contribution in [-0.4, -0.2) is 36.4 Å². The highest BCUT2D eigenvalue weighted by Gasteiger charge is 2.24. The molecule has 200 valence electrons. The van der Waals surface area contributed by atoms with E-state index in [1.807, 2.05) is 24.3 Å². The molecule has 0 fully saturated rings. The monoisotopic (exact) mass is 528 g/mol. The van der Waals surface area contributed by atoms with Gasteiger partial charge in [-0.15, -0.1) is 0 Å². The second kappa shape index (κ2) is 11.2. The van der Waals surface area contributed by atoms with Gasteiger partial charge >= 0.3 is 11.9 Å². The van der Waals surface area contributed by atoms with Crippen molar-refractivity contribution in [2.24, 2.45) is 0 Å². The predicted octanol–water partition coefficient (Wildman–Crippen LogP) is 5.88. The van der Waals surface area contributed by atoms with E-state index in [1.165, 1.54) is 50.6 Å². The molecule has 4 aromatic rings. The van der Waals surface area contributed by atoms with Gasteiger partial charge in [0, 0.05) is 5.41 Å². The Labute approximate surface area is 226 Å². The normalized spacial score (nSPS) is 11.0. The highest BCUT2D eigenvalue weighted by atomic mass is 16.5. The van der Waals surface area contributed by atoms with Crippen LogP contribution in [-0.2, 0) is 5.41 Å². The van der Waals surface area contributed by atoms with Crippen molar-refractivity contribution in [1.82, 2.24) is 0 Å². The summed E-state index contributed by atoms with van der Waals surface area (Å²) in [6.07, 6.45) is 0. The zero-order chi connectivity index (χ0) is 28.2. The molecule has 8 nitrogen and oxygen atoms in total. The molecular formula is C31H28O8. The summed E-state index contributed by atoms with van der Waals surface area (Å²) in [4.78, 5) is 25.1. The number of carbonyl (C=O) groups excluding carboxylic acids is 2. The van der Waals surface area contributed by atoms with Crippen molar-refractivity contribution >= 4 is 11.9 Å². The van der Waals surface area contributed by atoms with E-state index in [4.69, 9.17) is 18.9 Å². The van der Waals surface area contributed by atoms with Gasteiger partial charge in [-0.25, -0.2) is 9.59 Å². The van der Waals surface area contributed by atoms with Crippen molar-refractivity contribution in [3.05, 3.63) is 107 Å². The third kappa shape index (κ3) is 5.96. The first kappa shape index (κ1) is 27.1. The van der Waals surface area contributed by atoms with Gasteiger partial charge in [-0.1, -0.05) is 38.1 Å². The van der Waals surface area contributed by atoms with Gasteiger partial charge in [0.05, 0.1) is 25.3 Å². The number of ether oxygens (including phenoxy) is 4. The lowest BCUT2D eigenvalue weighted by atomic mass is 9.78. The number of esters is 2. The van der Waals surface area contributed by atoms with Gasteiger partial charge in [-0.05, 0) is 71.8 Å². The minimum absolute atomic E-state index is 0.0650. The van der Waals surface area contributed by atoms with E-state index in [1.54, 1.807) is 24.3 Å². The molecule has 0 aliphatic heterocycles. The number of methoxy groups -OCH3 is 2. The number of phenols is 2. The molecule has 0 saturated carbocycles. The van der Waals surface area contributed by atoms with Crippen molar-refractivity contribution in [1.29, 1.82) is 0 Å². The first-order chi connectivity index (χ1) is 18.6. The molecule has 4 rings (SSSR count).